The van der Waals surface area contributed by atoms with E-state index in [0.717, 1.165) is 85.0 Å². The fourth-order valence-electron chi connectivity index (χ4n) is 7.84. The van der Waals surface area contributed by atoms with Crippen LogP contribution in [0.1, 0.15) is 92.4 Å². The second-order valence-electron chi connectivity index (χ2n) is 13.6. The summed E-state index contributed by atoms with van der Waals surface area (Å²) in [6.45, 7) is 3.18. The summed E-state index contributed by atoms with van der Waals surface area (Å²) in [4.78, 5) is 11.2. The summed E-state index contributed by atoms with van der Waals surface area (Å²) < 4.78 is 108. The van der Waals surface area contributed by atoms with E-state index in [1.807, 2.05) is 12.1 Å². The first-order chi connectivity index (χ1) is 23.1. The Bertz CT molecular complexity index is 1890. The Morgan fingerprint density at radius 3 is 1.39 bits per heavy atom. The molecule has 11 heteroatoms. The molecule has 3 aliphatic rings. The van der Waals surface area contributed by atoms with Gasteiger partial charge in [0.1, 0.15) is 11.5 Å². The Hall–Kier alpha value is -3.75. The summed E-state index contributed by atoms with van der Waals surface area (Å²) in [6, 6.07) is 11.4. The van der Waals surface area contributed by atoms with E-state index < -0.39 is 31.3 Å². The van der Waals surface area contributed by atoms with Crippen LogP contribution in [0.3, 0.4) is 0 Å². The molecule has 1 heterocycles. The Morgan fingerprint density at radius 2 is 1.00 bits per heavy atom. The van der Waals surface area contributed by atoms with Crippen molar-refractivity contribution in [2.24, 2.45) is 0 Å². The Kier molecular flexibility index (Phi) is 8.42. The lowest BCUT2D eigenvalue weighted by Crippen LogP contribution is -2.12. The largest absolute Gasteiger partial charge is 0.584 e. The van der Waals surface area contributed by atoms with Crippen molar-refractivity contribution in [3.05, 3.63) is 115 Å². The van der Waals surface area contributed by atoms with Crippen molar-refractivity contribution in [2.45, 2.75) is 90.4 Å². The SMILES string of the molecule is Cc1cc(Cc2cc3c(c4c2OP(=O)(O)Oc2c(Cc5cc(C)cc(C(F)(F)F)c5)cc5c(c2-4)CCCC5)CCCC3)cc(C(F)(F)F)c1. The highest BCUT2D eigenvalue weighted by Gasteiger charge is 2.40. The summed E-state index contributed by atoms with van der Waals surface area (Å²) in [5.41, 5.74) is 6.10. The van der Waals surface area contributed by atoms with Gasteiger partial charge in [0, 0.05) is 35.1 Å². The molecule has 4 aromatic rings. The standard InChI is InChI=1S/C38H35F6O4P/c1-21-11-23(17-29(13-21)37(39,40)41)15-27-19-25-7-3-5-9-31(25)33-34-32-10-6-4-8-26(32)20-28(36(34)48-49(45,46)47-35(27)33)16-24-12-22(2)14-30(18-24)38(42,43)44/h11-14,17-20H,3-10,15-16H2,1-2H3,(H,45,46). The van der Waals surface area contributed by atoms with Gasteiger partial charge in [-0.2, -0.15) is 26.3 Å². The van der Waals surface area contributed by atoms with E-state index in [9.17, 15) is 35.8 Å². The molecular formula is C38H35F6O4P. The summed E-state index contributed by atoms with van der Waals surface area (Å²) in [5.74, 6) is 0.222. The topological polar surface area (TPSA) is 55.8 Å². The van der Waals surface area contributed by atoms with Crippen molar-refractivity contribution in [1.29, 1.82) is 0 Å². The van der Waals surface area contributed by atoms with Gasteiger partial charge in [-0.15, -0.1) is 0 Å². The first kappa shape index (κ1) is 33.7. The van der Waals surface area contributed by atoms with Crippen LogP contribution in [0.5, 0.6) is 11.5 Å². The van der Waals surface area contributed by atoms with Crippen molar-refractivity contribution in [2.75, 3.05) is 0 Å². The Morgan fingerprint density at radius 1 is 0.612 bits per heavy atom. The van der Waals surface area contributed by atoms with Gasteiger partial charge in [0.25, 0.3) is 0 Å². The lowest BCUT2D eigenvalue weighted by molar-refractivity contribution is -0.138. The lowest BCUT2D eigenvalue weighted by atomic mass is 9.77. The lowest BCUT2D eigenvalue weighted by Gasteiger charge is -2.28. The predicted octanol–water partition coefficient (Wildman–Crippen LogP) is 10.8. The average Bonchev–Trinajstić information content (AvgIpc) is 3.13. The summed E-state index contributed by atoms with van der Waals surface area (Å²) in [6.07, 6.45) is -2.78. The van der Waals surface area contributed by atoms with Gasteiger partial charge < -0.3 is 9.05 Å². The number of hydrogen-bond donors (Lipinski definition) is 1. The third-order valence-electron chi connectivity index (χ3n) is 9.74. The summed E-state index contributed by atoms with van der Waals surface area (Å²) in [5, 5.41) is 0. The molecule has 0 bridgehead atoms. The van der Waals surface area contributed by atoms with Crippen LogP contribution in [-0.2, 0) is 55.4 Å². The quantitative estimate of drug-likeness (QED) is 0.170. The molecule has 258 valence electrons. The number of phosphoric ester groups is 1. The van der Waals surface area contributed by atoms with Crippen molar-refractivity contribution < 1.29 is 44.8 Å². The highest BCUT2D eigenvalue weighted by Crippen LogP contribution is 2.59. The second kappa shape index (κ2) is 12.2. The number of halogens is 6. The molecule has 1 aliphatic heterocycles. The highest BCUT2D eigenvalue weighted by atomic mass is 31.2. The smallest absolute Gasteiger partial charge is 0.394 e. The molecule has 4 aromatic carbocycles. The number of alkyl halides is 6. The molecule has 0 atom stereocenters. The molecule has 0 spiro atoms. The fraction of sp³-hybridized carbons (Fsp3) is 0.368. The van der Waals surface area contributed by atoms with Crippen molar-refractivity contribution >= 4 is 7.82 Å². The van der Waals surface area contributed by atoms with Crippen LogP contribution in [0.25, 0.3) is 11.1 Å². The maximum atomic E-state index is 13.8. The maximum Gasteiger partial charge on any atom is 0.584 e. The van der Waals surface area contributed by atoms with Gasteiger partial charge in [-0.3, -0.25) is 4.89 Å². The molecule has 0 unspecified atom stereocenters. The van der Waals surface area contributed by atoms with Gasteiger partial charge in [0.15, 0.2) is 0 Å². The minimum atomic E-state index is -4.88. The number of hydrogen-bond acceptors (Lipinski definition) is 3. The zero-order valence-electron chi connectivity index (χ0n) is 27.1. The van der Waals surface area contributed by atoms with Crippen LogP contribution in [-0.4, -0.2) is 4.89 Å². The molecule has 0 amide bonds. The van der Waals surface area contributed by atoms with Crippen molar-refractivity contribution in [1.82, 2.24) is 0 Å². The minimum Gasteiger partial charge on any atom is -0.394 e. The third-order valence-corrected chi connectivity index (χ3v) is 10.6. The zero-order valence-corrected chi connectivity index (χ0v) is 28.0. The molecule has 1 N–H and O–H groups in total. The average molecular weight is 701 g/mol. The molecule has 2 aliphatic carbocycles. The van der Waals surface area contributed by atoms with Crippen molar-refractivity contribution in [3.63, 3.8) is 0 Å². The van der Waals surface area contributed by atoms with Crippen LogP contribution in [0.4, 0.5) is 26.3 Å². The molecule has 7 rings (SSSR count). The van der Waals surface area contributed by atoms with E-state index in [-0.39, 0.29) is 24.3 Å². The maximum absolute atomic E-state index is 13.8. The van der Waals surface area contributed by atoms with Gasteiger partial charge in [-0.1, -0.05) is 35.4 Å². The first-order valence-electron chi connectivity index (χ1n) is 16.5. The highest BCUT2D eigenvalue weighted by molar-refractivity contribution is 7.48. The molecule has 0 radical (unpaired) electrons. The molecule has 0 fully saturated rings. The normalized spacial score (nSPS) is 16.8. The van der Waals surface area contributed by atoms with Gasteiger partial charge in [-0.25, -0.2) is 4.57 Å². The first-order valence-corrected chi connectivity index (χ1v) is 18.0. The number of phosphoric acid groups is 1. The fourth-order valence-corrected chi connectivity index (χ4v) is 8.76. The second-order valence-corrected chi connectivity index (χ2v) is 14.9. The van der Waals surface area contributed by atoms with E-state index in [4.69, 9.17) is 9.05 Å². The molecule has 0 saturated heterocycles. The van der Waals surface area contributed by atoms with Gasteiger partial charge >= 0.3 is 20.2 Å². The van der Waals surface area contributed by atoms with E-state index in [2.05, 4.69) is 0 Å². The molecule has 49 heavy (non-hydrogen) atoms. The molecule has 0 aromatic heterocycles. The van der Waals surface area contributed by atoms with E-state index >= 15 is 0 Å². The van der Waals surface area contributed by atoms with Crippen LogP contribution in [0, 0.1) is 13.8 Å². The number of rotatable bonds is 4. The molecule has 0 saturated carbocycles. The molecular weight excluding hydrogens is 665 g/mol. The van der Waals surface area contributed by atoms with Crippen LogP contribution >= 0.6 is 7.82 Å². The third kappa shape index (κ3) is 6.74. The number of aryl methyl sites for hydroxylation is 4. The monoisotopic (exact) mass is 700 g/mol. The Balaban J connectivity index is 1.48. The van der Waals surface area contributed by atoms with Gasteiger partial charge in [-0.05, 0) is 123 Å². The number of benzene rings is 4. The summed E-state index contributed by atoms with van der Waals surface area (Å²) >= 11 is 0. The Labute approximate surface area is 280 Å². The van der Waals surface area contributed by atoms with Gasteiger partial charge in [0.2, 0.25) is 0 Å². The predicted molar refractivity (Wildman–Crippen MR) is 174 cm³/mol. The van der Waals surface area contributed by atoms with Crippen LogP contribution in [0.15, 0.2) is 48.5 Å². The van der Waals surface area contributed by atoms with Gasteiger partial charge in [0.05, 0.1) is 11.1 Å². The number of fused-ring (bicyclic) bond motifs is 7. The van der Waals surface area contributed by atoms with Crippen molar-refractivity contribution in [3.8, 4) is 22.6 Å². The molecule has 4 nitrogen and oxygen atoms in total. The minimum absolute atomic E-state index is 0.0150. The van der Waals surface area contributed by atoms with E-state index in [0.29, 0.717) is 57.3 Å². The summed E-state index contributed by atoms with van der Waals surface area (Å²) in [7, 11) is -4.88. The van der Waals surface area contributed by atoms with E-state index in [1.165, 1.54) is 0 Å². The van der Waals surface area contributed by atoms with E-state index in [1.54, 1.807) is 26.0 Å². The van der Waals surface area contributed by atoms with Crippen LogP contribution in [0.2, 0.25) is 0 Å². The zero-order chi connectivity index (χ0) is 34.9. The van der Waals surface area contributed by atoms with Crippen LogP contribution < -0.4 is 9.05 Å².